The molecule has 0 radical (unpaired) electrons. The Morgan fingerprint density at radius 1 is 1.35 bits per heavy atom. The van der Waals surface area contributed by atoms with Gasteiger partial charge in [-0.05, 0) is 37.6 Å². The zero-order valence-electron chi connectivity index (χ0n) is 12.3. The molecule has 23 heavy (non-hydrogen) atoms. The predicted molar refractivity (Wildman–Crippen MR) is 87.0 cm³/mol. The smallest absolute Gasteiger partial charge is 0.307 e. The maximum Gasteiger partial charge on any atom is 0.307 e. The van der Waals surface area contributed by atoms with E-state index in [1.54, 1.807) is 16.8 Å². The van der Waals surface area contributed by atoms with Gasteiger partial charge in [0.1, 0.15) is 0 Å². The second kappa shape index (κ2) is 6.86. The molecule has 1 unspecified atom stereocenters. The van der Waals surface area contributed by atoms with E-state index in [2.05, 4.69) is 15.2 Å². The Kier molecular flexibility index (Phi) is 4.84. The summed E-state index contributed by atoms with van der Waals surface area (Å²) in [6.45, 7) is 2.02. The molecular formula is C15H16Cl2N4O2. The van der Waals surface area contributed by atoms with E-state index in [0.717, 1.165) is 30.8 Å². The Morgan fingerprint density at radius 3 is 2.91 bits per heavy atom. The van der Waals surface area contributed by atoms with E-state index in [1.807, 2.05) is 12.3 Å². The molecule has 1 saturated heterocycles. The summed E-state index contributed by atoms with van der Waals surface area (Å²) in [6, 6.07) is 5.25. The van der Waals surface area contributed by atoms with E-state index in [-0.39, 0.29) is 5.92 Å². The minimum absolute atomic E-state index is 0.297. The summed E-state index contributed by atoms with van der Waals surface area (Å²) in [4.78, 5) is 13.2. The second-order valence-electron chi connectivity index (χ2n) is 5.67. The number of hydrogen-bond donors (Lipinski definition) is 1. The largest absolute Gasteiger partial charge is 0.481 e. The molecule has 3 rings (SSSR count). The van der Waals surface area contributed by atoms with Crippen molar-refractivity contribution < 1.29 is 9.90 Å². The van der Waals surface area contributed by atoms with Gasteiger partial charge in [0, 0.05) is 13.1 Å². The molecular weight excluding hydrogens is 339 g/mol. The van der Waals surface area contributed by atoms with Crippen molar-refractivity contribution in [1.82, 2.24) is 19.9 Å². The maximum absolute atomic E-state index is 11.1. The van der Waals surface area contributed by atoms with Crippen molar-refractivity contribution in [3.8, 4) is 5.69 Å². The normalized spacial score (nSPS) is 19.0. The zero-order chi connectivity index (χ0) is 16.4. The number of rotatable bonds is 4. The highest BCUT2D eigenvalue weighted by Gasteiger charge is 2.25. The van der Waals surface area contributed by atoms with Gasteiger partial charge < -0.3 is 5.11 Å². The van der Waals surface area contributed by atoms with Gasteiger partial charge in [0.05, 0.1) is 33.5 Å². The van der Waals surface area contributed by atoms with Gasteiger partial charge in [-0.3, -0.25) is 9.69 Å². The number of carbonyl (C=O) groups is 1. The van der Waals surface area contributed by atoms with Gasteiger partial charge in [-0.1, -0.05) is 28.4 Å². The Morgan fingerprint density at radius 2 is 2.17 bits per heavy atom. The number of carboxylic acids is 1. The molecule has 0 amide bonds. The van der Waals surface area contributed by atoms with Crippen LogP contribution in [0, 0.1) is 5.92 Å². The second-order valence-corrected chi connectivity index (χ2v) is 6.48. The third-order valence-corrected chi connectivity index (χ3v) is 4.69. The fourth-order valence-corrected chi connectivity index (χ4v) is 3.05. The van der Waals surface area contributed by atoms with Crippen molar-refractivity contribution in [2.45, 2.75) is 19.4 Å². The van der Waals surface area contributed by atoms with Crippen LogP contribution in [0.3, 0.4) is 0 Å². The molecule has 1 aromatic carbocycles. The van der Waals surface area contributed by atoms with Crippen LogP contribution in [0.2, 0.25) is 10.0 Å². The van der Waals surface area contributed by atoms with E-state index in [1.165, 1.54) is 0 Å². The van der Waals surface area contributed by atoms with Crippen molar-refractivity contribution in [2.24, 2.45) is 5.92 Å². The molecule has 6 nitrogen and oxygen atoms in total. The highest BCUT2D eigenvalue weighted by Crippen LogP contribution is 2.24. The lowest BCUT2D eigenvalue weighted by Gasteiger charge is -2.29. The summed E-state index contributed by atoms with van der Waals surface area (Å²) in [5.41, 5.74) is 1.57. The first-order chi connectivity index (χ1) is 11.0. The van der Waals surface area contributed by atoms with Crippen LogP contribution in [0.25, 0.3) is 5.69 Å². The number of nitrogens with zero attached hydrogens (tertiary/aromatic N) is 4. The van der Waals surface area contributed by atoms with Gasteiger partial charge in [-0.25, -0.2) is 4.68 Å². The van der Waals surface area contributed by atoms with Crippen molar-refractivity contribution in [3.63, 3.8) is 0 Å². The number of piperidine rings is 1. The first-order valence-electron chi connectivity index (χ1n) is 7.35. The quantitative estimate of drug-likeness (QED) is 0.913. The molecule has 2 aromatic rings. The van der Waals surface area contributed by atoms with Crippen LogP contribution in [0.5, 0.6) is 0 Å². The Balaban J connectivity index is 1.69. The van der Waals surface area contributed by atoms with Crippen LogP contribution in [-0.4, -0.2) is 44.1 Å². The van der Waals surface area contributed by atoms with Crippen LogP contribution in [0.1, 0.15) is 18.5 Å². The van der Waals surface area contributed by atoms with Gasteiger partial charge in [0.15, 0.2) is 0 Å². The molecule has 1 N–H and O–H groups in total. The summed E-state index contributed by atoms with van der Waals surface area (Å²) in [5.74, 6) is -1.02. The van der Waals surface area contributed by atoms with Crippen LogP contribution in [-0.2, 0) is 11.3 Å². The lowest BCUT2D eigenvalue weighted by Crippen LogP contribution is -2.38. The number of aliphatic carboxylic acids is 1. The summed E-state index contributed by atoms with van der Waals surface area (Å²) < 4.78 is 1.64. The molecule has 0 saturated carbocycles. The first-order valence-corrected chi connectivity index (χ1v) is 8.10. The molecule has 1 aromatic heterocycles. The van der Waals surface area contributed by atoms with E-state index in [0.29, 0.717) is 23.1 Å². The summed E-state index contributed by atoms with van der Waals surface area (Å²) in [7, 11) is 0. The average molecular weight is 355 g/mol. The zero-order valence-corrected chi connectivity index (χ0v) is 13.8. The van der Waals surface area contributed by atoms with E-state index in [9.17, 15) is 4.79 Å². The number of halogens is 2. The molecule has 8 heteroatoms. The average Bonchev–Trinajstić information content (AvgIpc) is 2.99. The van der Waals surface area contributed by atoms with Crippen molar-refractivity contribution in [3.05, 3.63) is 40.1 Å². The van der Waals surface area contributed by atoms with E-state index >= 15 is 0 Å². The molecule has 1 aliphatic rings. The van der Waals surface area contributed by atoms with E-state index < -0.39 is 5.97 Å². The Hall–Kier alpha value is -1.63. The van der Waals surface area contributed by atoms with Gasteiger partial charge in [-0.2, -0.15) is 0 Å². The van der Waals surface area contributed by atoms with Gasteiger partial charge in [0.2, 0.25) is 0 Å². The monoisotopic (exact) mass is 354 g/mol. The van der Waals surface area contributed by atoms with Crippen molar-refractivity contribution in [2.75, 3.05) is 13.1 Å². The van der Waals surface area contributed by atoms with Gasteiger partial charge >= 0.3 is 5.97 Å². The molecule has 0 aliphatic carbocycles. The number of hydrogen-bond acceptors (Lipinski definition) is 4. The van der Waals surface area contributed by atoms with E-state index in [4.69, 9.17) is 28.3 Å². The molecule has 1 fully saturated rings. The number of carboxylic acid groups (broad SMARTS) is 1. The fourth-order valence-electron chi connectivity index (χ4n) is 2.75. The minimum atomic E-state index is -0.728. The number of aromatic nitrogens is 3. The lowest BCUT2D eigenvalue weighted by atomic mass is 9.98. The van der Waals surface area contributed by atoms with Crippen LogP contribution in [0.15, 0.2) is 24.4 Å². The Labute approximate surface area is 143 Å². The topological polar surface area (TPSA) is 71.2 Å². The van der Waals surface area contributed by atoms with Crippen LogP contribution in [0.4, 0.5) is 0 Å². The minimum Gasteiger partial charge on any atom is -0.481 e. The van der Waals surface area contributed by atoms with Gasteiger partial charge in [-0.15, -0.1) is 5.10 Å². The lowest BCUT2D eigenvalue weighted by molar-refractivity contribution is -0.143. The highest BCUT2D eigenvalue weighted by atomic mass is 35.5. The first kappa shape index (κ1) is 16.2. The Bertz CT molecular complexity index is 719. The summed E-state index contributed by atoms with van der Waals surface area (Å²) >= 11 is 11.9. The summed E-state index contributed by atoms with van der Waals surface area (Å²) in [6.07, 6.45) is 3.45. The van der Waals surface area contributed by atoms with Crippen LogP contribution < -0.4 is 0 Å². The third-order valence-electron chi connectivity index (χ3n) is 3.95. The molecule has 0 spiro atoms. The third kappa shape index (κ3) is 3.83. The standard InChI is InChI=1S/C15H16Cl2N4O2/c16-13-4-3-12(6-14(13)17)21-9-11(18-19-21)8-20-5-1-2-10(7-20)15(22)23/h3-4,6,9-10H,1-2,5,7-8H2,(H,22,23). The highest BCUT2D eigenvalue weighted by molar-refractivity contribution is 6.42. The van der Waals surface area contributed by atoms with Crippen molar-refractivity contribution in [1.29, 1.82) is 0 Å². The maximum atomic E-state index is 11.1. The fraction of sp³-hybridized carbons (Fsp3) is 0.400. The molecule has 122 valence electrons. The molecule has 1 aliphatic heterocycles. The van der Waals surface area contributed by atoms with Crippen molar-refractivity contribution >= 4 is 29.2 Å². The van der Waals surface area contributed by atoms with Gasteiger partial charge in [0.25, 0.3) is 0 Å². The molecule has 0 bridgehead atoms. The molecule has 1 atom stereocenters. The SMILES string of the molecule is O=C(O)C1CCCN(Cc2cn(-c3ccc(Cl)c(Cl)c3)nn2)C1. The summed E-state index contributed by atoms with van der Waals surface area (Å²) in [5, 5.41) is 18.3. The molecule has 2 heterocycles. The van der Waals surface area contributed by atoms with Crippen LogP contribution >= 0.6 is 23.2 Å². The number of likely N-dealkylation sites (tertiary alicyclic amines) is 1. The predicted octanol–water partition coefficient (Wildman–Crippen LogP) is 2.87. The number of benzene rings is 1.